The number of rotatable bonds is 4. The van der Waals surface area contributed by atoms with Gasteiger partial charge in [0, 0.05) is 32.2 Å². The first-order valence-corrected chi connectivity index (χ1v) is 12.7. The summed E-state index contributed by atoms with van der Waals surface area (Å²) in [7, 11) is 0. The molecule has 10 nitrogen and oxygen atoms in total. The number of carbonyl (C=O) groups excluding carboxylic acids is 2. The molecule has 0 aliphatic carbocycles. The van der Waals surface area contributed by atoms with Gasteiger partial charge in [0.1, 0.15) is 24.1 Å². The van der Waals surface area contributed by atoms with Gasteiger partial charge >= 0.3 is 11.8 Å². The van der Waals surface area contributed by atoms with E-state index in [0.717, 1.165) is 18.6 Å². The van der Waals surface area contributed by atoms with E-state index in [4.69, 9.17) is 9.47 Å². The quantitative estimate of drug-likeness (QED) is 0.598. The lowest BCUT2D eigenvalue weighted by Gasteiger charge is -2.40. The summed E-state index contributed by atoms with van der Waals surface area (Å²) in [5.74, 6) is -1.31. The zero-order chi connectivity index (χ0) is 27.2. The Balaban J connectivity index is 1.25. The molecular weight excluding hydrogens is 500 g/mol. The minimum atomic E-state index is -0.977. The lowest BCUT2D eigenvalue weighted by molar-refractivity contribution is -0.136. The van der Waals surface area contributed by atoms with Crippen LogP contribution in [-0.2, 0) is 22.7 Å². The molecule has 2 aromatic rings. The number of anilines is 1. The summed E-state index contributed by atoms with van der Waals surface area (Å²) in [5.41, 5.74) is -0.723. The smallest absolute Gasteiger partial charge is 0.410 e. The van der Waals surface area contributed by atoms with Gasteiger partial charge in [0.2, 0.25) is 11.8 Å². The van der Waals surface area contributed by atoms with Crippen molar-refractivity contribution in [3.8, 4) is 5.88 Å². The number of carbonyl (C=O) groups is 2. The van der Waals surface area contributed by atoms with E-state index in [1.54, 1.807) is 36.3 Å². The van der Waals surface area contributed by atoms with Gasteiger partial charge in [-0.25, -0.2) is 18.4 Å². The number of likely N-dealkylation sites (tertiary alicyclic amines) is 1. The second-order valence-electron chi connectivity index (χ2n) is 10.8. The van der Waals surface area contributed by atoms with Gasteiger partial charge in [0.25, 0.3) is 0 Å². The zero-order valence-corrected chi connectivity index (χ0v) is 21.7. The third-order valence-corrected chi connectivity index (χ3v) is 6.98. The molecule has 2 saturated heterocycles. The topological polar surface area (TPSA) is 97.2 Å². The number of piperazine rings is 1. The van der Waals surface area contributed by atoms with Crippen LogP contribution in [0, 0.1) is 11.6 Å². The molecule has 38 heavy (non-hydrogen) atoms. The zero-order valence-electron chi connectivity index (χ0n) is 21.7. The van der Waals surface area contributed by atoms with Crippen molar-refractivity contribution < 1.29 is 27.8 Å². The predicted molar refractivity (Wildman–Crippen MR) is 133 cm³/mol. The fourth-order valence-electron chi connectivity index (χ4n) is 5.24. The van der Waals surface area contributed by atoms with Crippen molar-refractivity contribution in [2.24, 2.45) is 0 Å². The molecule has 3 aliphatic rings. The van der Waals surface area contributed by atoms with Crippen LogP contribution in [-0.4, -0.2) is 75.2 Å². The van der Waals surface area contributed by atoms with Crippen LogP contribution in [0.25, 0.3) is 0 Å². The fourth-order valence-corrected chi connectivity index (χ4v) is 5.24. The largest absolute Gasteiger partial charge is 0.473 e. The number of hydrogen-bond acceptors (Lipinski definition) is 7. The van der Waals surface area contributed by atoms with Gasteiger partial charge in [-0.05, 0) is 51.3 Å². The van der Waals surface area contributed by atoms with Crippen molar-refractivity contribution in [1.29, 1.82) is 0 Å². The summed E-state index contributed by atoms with van der Waals surface area (Å²) in [5, 5.41) is 0. The summed E-state index contributed by atoms with van der Waals surface area (Å²) in [6.07, 6.45) is 0.846. The van der Waals surface area contributed by atoms with E-state index in [9.17, 15) is 23.2 Å². The Hall–Kier alpha value is -3.70. The molecule has 2 fully saturated rings. The monoisotopic (exact) mass is 531 g/mol. The average Bonchev–Trinajstić information content (AvgIpc) is 3.48. The van der Waals surface area contributed by atoms with Gasteiger partial charge in [-0.2, -0.15) is 4.98 Å². The molecule has 5 rings (SSSR count). The molecule has 0 bridgehead atoms. The van der Waals surface area contributed by atoms with Crippen LogP contribution in [0.2, 0.25) is 0 Å². The van der Waals surface area contributed by atoms with Crippen LogP contribution >= 0.6 is 0 Å². The molecule has 12 heteroatoms. The number of halogens is 2. The Morgan fingerprint density at radius 1 is 1.08 bits per heavy atom. The maximum Gasteiger partial charge on any atom is 0.410 e. The number of nitrogens with zero attached hydrogens (tertiary/aromatic N) is 5. The van der Waals surface area contributed by atoms with Crippen LogP contribution < -0.4 is 15.3 Å². The molecule has 204 valence electrons. The number of fused-ring (bicyclic) bond motifs is 3. The molecule has 0 radical (unpaired) electrons. The van der Waals surface area contributed by atoms with Crippen LogP contribution in [0.4, 0.5) is 19.4 Å². The van der Waals surface area contributed by atoms with Crippen molar-refractivity contribution in [1.82, 2.24) is 19.4 Å². The first-order valence-electron chi connectivity index (χ1n) is 12.7. The highest BCUT2D eigenvalue weighted by atomic mass is 19.2. The lowest BCUT2D eigenvalue weighted by Crippen LogP contribution is -2.57. The highest BCUT2D eigenvalue weighted by Crippen LogP contribution is 2.31. The van der Waals surface area contributed by atoms with E-state index < -0.39 is 35.1 Å². The molecule has 3 aliphatic heterocycles. The average molecular weight is 532 g/mol. The van der Waals surface area contributed by atoms with Crippen molar-refractivity contribution in [2.75, 3.05) is 31.1 Å². The Morgan fingerprint density at radius 2 is 1.87 bits per heavy atom. The van der Waals surface area contributed by atoms with Gasteiger partial charge in [-0.3, -0.25) is 14.3 Å². The van der Waals surface area contributed by atoms with Crippen molar-refractivity contribution in [2.45, 2.75) is 64.4 Å². The Kier molecular flexibility index (Phi) is 6.74. The lowest BCUT2D eigenvalue weighted by atomic mass is 10.1. The second-order valence-corrected chi connectivity index (χ2v) is 10.8. The molecule has 2 amide bonds. The Bertz CT molecular complexity index is 1310. The molecule has 1 aromatic carbocycles. The number of aromatic nitrogens is 2. The molecule has 0 spiro atoms. The molecule has 0 saturated carbocycles. The predicted octanol–water partition coefficient (Wildman–Crippen LogP) is 2.53. The Morgan fingerprint density at radius 3 is 2.61 bits per heavy atom. The SMILES string of the molecule is CC(C)(C)OC(=O)N1CCC[C@@H]1C(=O)N1CCN2c3cc(OCc4ccc(F)c(F)c4)nc(=O)n3CC2C1. The standard InChI is InChI=1S/C26H31F2N5O5/c1-26(2,3)38-25(36)32-8-4-5-20(32)23(34)30-9-10-31-17(13-30)14-33-22(31)12-21(29-24(33)35)37-15-16-6-7-18(27)19(28)11-16/h6-7,11-12,17,20H,4-5,8-10,13-15H2,1-3H3/t17?,20-/m1/s1. The summed E-state index contributed by atoms with van der Waals surface area (Å²) in [4.78, 5) is 48.2. The number of benzene rings is 1. The normalized spacial score (nSPS) is 20.8. The summed E-state index contributed by atoms with van der Waals surface area (Å²) in [6.45, 7) is 7.51. The van der Waals surface area contributed by atoms with Crippen LogP contribution in [0.15, 0.2) is 29.1 Å². The third-order valence-electron chi connectivity index (χ3n) is 6.98. The summed E-state index contributed by atoms with van der Waals surface area (Å²) in [6, 6.07) is 4.43. The fraction of sp³-hybridized carbons (Fsp3) is 0.538. The van der Waals surface area contributed by atoms with Gasteiger partial charge in [0.05, 0.1) is 12.6 Å². The van der Waals surface area contributed by atoms with E-state index in [0.29, 0.717) is 50.5 Å². The molecular formula is C26H31F2N5O5. The van der Waals surface area contributed by atoms with Gasteiger partial charge in [-0.1, -0.05) is 6.07 Å². The highest BCUT2D eigenvalue weighted by Gasteiger charge is 2.42. The second kappa shape index (κ2) is 9.88. The first-order chi connectivity index (χ1) is 18.0. The molecule has 1 unspecified atom stereocenters. The first kappa shape index (κ1) is 25.9. The van der Waals surface area contributed by atoms with E-state index in [1.807, 2.05) is 0 Å². The maximum absolute atomic E-state index is 13.5. The Labute approximate surface area is 218 Å². The van der Waals surface area contributed by atoms with Crippen LogP contribution in [0.3, 0.4) is 0 Å². The summed E-state index contributed by atoms with van der Waals surface area (Å²) < 4.78 is 39.3. The van der Waals surface area contributed by atoms with Crippen molar-refractivity contribution in [3.63, 3.8) is 0 Å². The number of ether oxygens (including phenoxy) is 2. The third kappa shape index (κ3) is 5.16. The minimum Gasteiger partial charge on any atom is -0.473 e. The highest BCUT2D eigenvalue weighted by molar-refractivity contribution is 5.86. The van der Waals surface area contributed by atoms with Crippen molar-refractivity contribution in [3.05, 3.63) is 51.9 Å². The molecule has 0 N–H and O–H groups in total. The van der Waals surface area contributed by atoms with Gasteiger partial charge in [0.15, 0.2) is 11.6 Å². The molecule has 2 atom stereocenters. The van der Waals surface area contributed by atoms with E-state index in [2.05, 4.69) is 9.88 Å². The van der Waals surface area contributed by atoms with Crippen molar-refractivity contribution >= 4 is 17.8 Å². The van der Waals surface area contributed by atoms with E-state index >= 15 is 0 Å². The molecule has 4 heterocycles. The van der Waals surface area contributed by atoms with Gasteiger partial charge < -0.3 is 19.3 Å². The van der Waals surface area contributed by atoms with Gasteiger partial charge in [-0.15, -0.1) is 0 Å². The van der Waals surface area contributed by atoms with E-state index in [1.165, 1.54) is 11.0 Å². The van der Waals surface area contributed by atoms with Crippen LogP contribution in [0.1, 0.15) is 39.2 Å². The van der Waals surface area contributed by atoms with Crippen LogP contribution in [0.5, 0.6) is 5.88 Å². The van der Waals surface area contributed by atoms with E-state index in [-0.39, 0.29) is 24.4 Å². The molecule has 1 aromatic heterocycles. The minimum absolute atomic E-state index is 0.0751. The maximum atomic E-state index is 13.5. The summed E-state index contributed by atoms with van der Waals surface area (Å²) >= 11 is 0. The number of hydrogen-bond donors (Lipinski definition) is 0. The number of amides is 2.